The molecule has 0 aliphatic heterocycles. The van der Waals surface area contributed by atoms with Crippen molar-refractivity contribution in [1.29, 1.82) is 0 Å². The molecule has 0 unspecified atom stereocenters. The zero-order valence-corrected chi connectivity index (χ0v) is 43.0. The van der Waals surface area contributed by atoms with Crippen LogP contribution in [0.5, 0.6) is 23.0 Å². The molecule has 4 heterocycles. The van der Waals surface area contributed by atoms with E-state index in [1.807, 2.05) is 93.6 Å². The molecule has 0 saturated carbocycles. The Morgan fingerprint density at radius 2 is 0.935 bits per heavy atom. The van der Waals surface area contributed by atoms with Gasteiger partial charge in [0, 0.05) is 30.8 Å². The number of carboxylic acid groups (broad SMARTS) is 2. The first-order chi connectivity index (χ1) is 37.3. The minimum Gasteiger partial charge on any atom is -0.494 e. The zero-order chi connectivity index (χ0) is 54.4. The highest BCUT2D eigenvalue weighted by molar-refractivity contribution is 5.74. The number of alkyl carbamates (subject to hydrolysis) is 1. The summed E-state index contributed by atoms with van der Waals surface area (Å²) in [5.41, 5.74) is 10.3. The van der Waals surface area contributed by atoms with Crippen LogP contribution < -0.4 is 40.6 Å². The third kappa shape index (κ3) is 18.0. The van der Waals surface area contributed by atoms with Gasteiger partial charge in [-0.15, -0.1) is 10.2 Å². The Bertz CT molecular complexity index is 3130. The van der Waals surface area contributed by atoms with Crippen LogP contribution in [0.2, 0.25) is 0 Å². The van der Waals surface area contributed by atoms with Gasteiger partial charge in [-0.2, -0.15) is 19.3 Å². The lowest BCUT2D eigenvalue weighted by molar-refractivity contribution is -0.138. The molecule has 0 bridgehead atoms. The normalized spacial score (nSPS) is 11.1. The molecule has 24 heteroatoms. The van der Waals surface area contributed by atoms with Crippen LogP contribution >= 0.6 is 0 Å². The molecule has 0 aliphatic carbocycles. The Balaban J connectivity index is 0.000000227. The van der Waals surface area contributed by atoms with E-state index in [-0.39, 0.29) is 12.8 Å². The number of amides is 1. The van der Waals surface area contributed by atoms with Gasteiger partial charge in [0.25, 0.3) is 0 Å². The van der Waals surface area contributed by atoms with Crippen LogP contribution in [0.4, 0.5) is 28.1 Å². The number of hydrogen-bond donors (Lipinski definition) is 6. The molecule has 8 aromatic rings. The van der Waals surface area contributed by atoms with Crippen LogP contribution in [0, 0.1) is 0 Å². The fourth-order valence-corrected chi connectivity index (χ4v) is 7.00. The van der Waals surface area contributed by atoms with Crippen molar-refractivity contribution in [1.82, 2.24) is 55.2 Å². The molecule has 0 radical (unpaired) electrons. The van der Waals surface area contributed by atoms with Crippen LogP contribution in [-0.2, 0) is 14.3 Å². The second kappa shape index (κ2) is 27.9. The Morgan fingerprint density at radius 1 is 0.545 bits per heavy atom. The number of aromatic nitrogens is 10. The molecule has 4 aromatic carbocycles. The van der Waals surface area contributed by atoms with Crippen molar-refractivity contribution in [3.05, 3.63) is 109 Å². The Kier molecular flexibility index (Phi) is 20.1. The number of nitrogens with one attached hydrogen (secondary N) is 3. The minimum absolute atomic E-state index is 0.0645. The molecule has 7 N–H and O–H groups in total. The fraction of sp³-hybridized carbons (Fsp3) is 0.340. The average molecular weight is 1060 g/mol. The molecular weight excluding hydrogens is 993 g/mol. The summed E-state index contributed by atoms with van der Waals surface area (Å²) in [5, 5.41) is 43.3. The van der Waals surface area contributed by atoms with Crippen molar-refractivity contribution >= 4 is 63.6 Å². The number of unbranched alkanes of at least 4 members (excludes halogenated alkanes) is 2. The van der Waals surface area contributed by atoms with Crippen LogP contribution in [0.25, 0.3) is 33.7 Å². The minimum atomic E-state index is -0.844. The molecule has 24 nitrogen and oxygen atoms in total. The average Bonchev–Trinajstić information content (AvgIpc) is 4.04. The van der Waals surface area contributed by atoms with Crippen LogP contribution in [0.3, 0.4) is 0 Å². The maximum Gasteiger partial charge on any atom is 0.407 e. The summed E-state index contributed by atoms with van der Waals surface area (Å²) in [6.07, 6.45) is 7.25. The van der Waals surface area contributed by atoms with Crippen molar-refractivity contribution in [2.24, 2.45) is 5.73 Å². The standard InChI is InChI=1S/C29H35N7O6.C24H27N7O4/c1-29(2,3)42-28(39)30-16-4-5-17-40-22-12-8-20(9-13-22)32-27-31-19-24-26(33-27)36(35-34-24)21-10-14-23(15-11-21)41-18-6-7-25(37)38;25-13-1-2-14-34-19-9-5-17(6-10-19)27-24-26-16-21-23(28-24)31(30-29-21)18-7-11-20(12-8-18)35-15-3-4-22(32)33/h8-15,19H,4-7,16-18H2,1-3H3,(H,30,39)(H,37,38)(H,31,32,33);5-12,16H,1-4,13-15,25H2,(H,32,33)(H,26,27,28). The second-order valence-electron chi connectivity index (χ2n) is 18.1. The molecule has 1 amide bonds. The number of ether oxygens (including phenoxy) is 5. The SMILES string of the molecule is CC(C)(C)OC(=O)NCCCCOc1ccc(Nc2ncc3nnn(-c4ccc(OCCCC(=O)O)cc4)c3n2)cc1.NCCCCOc1ccc(Nc2ncc3nnn(-c4ccc(OCCCC(=O)O)cc4)c3n2)cc1. The van der Waals surface area contributed by atoms with E-state index in [9.17, 15) is 14.4 Å². The predicted octanol–water partition coefficient (Wildman–Crippen LogP) is 8.20. The van der Waals surface area contributed by atoms with Crippen LogP contribution in [0.15, 0.2) is 109 Å². The zero-order valence-electron chi connectivity index (χ0n) is 43.0. The molecule has 0 aliphatic rings. The third-order valence-corrected chi connectivity index (χ3v) is 10.8. The number of benzene rings is 4. The summed E-state index contributed by atoms with van der Waals surface area (Å²) in [5.74, 6) is 1.92. The topological polar surface area (TPSA) is 313 Å². The van der Waals surface area contributed by atoms with Gasteiger partial charge in [-0.3, -0.25) is 9.59 Å². The first-order valence-electron chi connectivity index (χ1n) is 25.0. The van der Waals surface area contributed by atoms with Gasteiger partial charge in [-0.1, -0.05) is 10.4 Å². The van der Waals surface area contributed by atoms with Gasteiger partial charge in [-0.25, -0.2) is 14.8 Å². The number of nitrogens with zero attached hydrogens (tertiary/aromatic N) is 10. The molecule has 8 rings (SSSR count). The van der Waals surface area contributed by atoms with E-state index in [1.54, 1.807) is 46.0 Å². The highest BCUT2D eigenvalue weighted by Gasteiger charge is 2.16. The van der Waals surface area contributed by atoms with Gasteiger partial charge in [0.05, 0.1) is 50.2 Å². The highest BCUT2D eigenvalue weighted by atomic mass is 16.6. The third-order valence-electron chi connectivity index (χ3n) is 10.8. The largest absolute Gasteiger partial charge is 0.494 e. The van der Waals surface area contributed by atoms with E-state index in [2.05, 4.69) is 56.5 Å². The summed E-state index contributed by atoms with van der Waals surface area (Å²) in [4.78, 5) is 50.7. The monoisotopic (exact) mass is 1050 g/mol. The van der Waals surface area contributed by atoms with Gasteiger partial charge >= 0.3 is 18.0 Å². The van der Waals surface area contributed by atoms with E-state index >= 15 is 0 Å². The number of rotatable bonds is 27. The van der Waals surface area contributed by atoms with E-state index in [0.29, 0.717) is 98.1 Å². The molecule has 77 heavy (non-hydrogen) atoms. The predicted molar refractivity (Wildman–Crippen MR) is 286 cm³/mol. The van der Waals surface area contributed by atoms with Crippen molar-refractivity contribution < 1.29 is 48.3 Å². The first kappa shape index (κ1) is 55.6. The Labute approximate surface area is 443 Å². The highest BCUT2D eigenvalue weighted by Crippen LogP contribution is 2.24. The lowest BCUT2D eigenvalue weighted by atomic mass is 10.2. The Morgan fingerprint density at radius 3 is 1.32 bits per heavy atom. The number of hydrogen-bond acceptors (Lipinski definition) is 19. The molecule has 404 valence electrons. The maximum absolute atomic E-state index is 11.7. The number of nitrogens with two attached hydrogens (primary N) is 1. The summed E-state index contributed by atoms with van der Waals surface area (Å²) in [7, 11) is 0. The van der Waals surface area contributed by atoms with Gasteiger partial charge in [0.1, 0.15) is 28.6 Å². The number of fused-ring (bicyclic) bond motifs is 2. The lowest BCUT2D eigenvalue weighted by Crippen LogP contribution is -2.33. The van der Waals surface area contributed by atoms with Crippen molar-refractivity contribution in [2.75, 3.05) is 50.2 Å². The molecule has 0 saturated heterocycles. The summed E-state index contributed by atoms with van der Waals surface area (Å²) >= 11 is 0. The van der Waals surface area contributed by atoms with Gasteiger partial charge in [0.2, 0.25) is 11.9 Å². The lowest BCUT2D eigenvalue weighted by Gasteiger charge is -2.19. The number of carbonyl (C=O) groups is 3. The van der Waals surface area contributed by atoms with Crippen molar-refractivity contribution in [2.45, 2.75) is 77.7 Å². The maximum atomic E-state index is 11.7. The summed E-state index contributed by atoms with van der Waals surface area (Å²) < 4.78 is 31.1. The molecular formula is C53H62N14O10. The summed E-state index contributed by atoms with van der Waals surface area (Å²) in [6, 6.07) is 29.5. The van der Waals surface area contributed by atoms with Crippen LogP contribution in [-0.4, -0.2) is 123 Å². The van der Waals surface area contributed by atoms with E-state index in [4.69, 9.17) is 39.6 Å². The van der Waals surface area contributed by atoms with Gasteiger partial charge in [-0.05, 0) is 163 Å². The number of anilines is 4. The molecule has 0 atom stereocenters. The van der Waals surface area contributed by atoms with Crippen molar-refractivity contribution in [3.63, 3.8) is 0 Å². The number of aliphatic carboxylic acids is 2. The Hall–Kier alpha value is -9.19. The van der Waals surface area contributed by atoms with Crippen molar-refractivity contribution in [3.8, 4) is 34.4 Å². The van der Waals surface area contributed by atoms with E-state index in [0.717, 1.165) is 59.9 Å². The summed E-state index contributed by atoms with van der Waals surface area (Å²) in [6.45, 7) is 8.50. The number of carboxylic acids is 2. The second-order valence-corrected chi connectivity index (χ2v) is 18.1. The van der Waals surface area contributed by atoms with E-state index < -0.39 is 23.6 Å². The van der Waals surface area contributed by atoms with Gasteiger partial charge in [0.15, 0.2) is 22.3 Å². The fourth-order valence-electron chi connectivity index (χ4n) is 7.00. The van der Waals surface area contributed by atoms with Gasteiger partial charge < -0.3 is 55.6 Å². The van der Waals surface area contributed by atoms with E-state index in [1.165, 1.54) is 0 Å². The quantitative estimate of drug-likeness (QED) is 0.0264. The molecule has 0 fully saturated rings. The number of carbonyl (C=O) groups excluding carboxylic acids is 1. The molecule has 0 spiro atoms. The smallest absolute Gasteiger partial charge is 0.407 e. The van der Waals surface area contributed by atoms with Crippen LogP contribution in [0.1, 0.15) is 72.1 Å². The first-order valence-corrected chi connectivity index (χ1v) is 25.0. The molecule has 4 aromatic heterocycles.